The molecule has 0 amide bonds. The third-order valence-corrected chi connectivity index (χ3v) is 3.97. The maximum absolute atomic E-state index is 11.5. The van der Waals surface area contributed by atoms with E-state index in [1.165, 1.54) is 43.9 Å². The van der Waals surface area contributed by atoms with E-state index >= 15 is 0 Å². The summed E-state index contributed by atoms with van der Waals surface area (Å²) in [6.07, 6.45) is 6.25. The van der Waals surface area contributed by atoms with Crippen LogP contribution in [0, 0.1) is 5.92 Å². The molecule has 0 bridgehead atoms. The fraction of sp³-hybridized carbons (Fsp3) is 0.778. The van der Waals surface area contributed by atoms with Crippen molar-refractivity contribution >= 4 is 33.4 Å². The van der Waals surface area contributed by atoms with Crippen LogP contribution in [0.25, 0.3) is 0 Å². The number of hydrogen-bond acceptors (Lipinski definition) is 3. The van der Waals surface area contributed by atoms with Gasteiger partial charge in [-0.15, -0.1) is 0 Å². The molecule has 1 saturated heterocycles. The Bertz CT molecular complexity index is 236. The Kier molecular flexibility index (Phi) is 2.89. The standard InChI is InChI=1S/C9H13NOS2/c11-8-7(10-9(12)13-8)6-4-2-1-3-5-6/h6-7H,1-5H2,(H,10,12). The van der Waals surface area contributed by atoms with Gasteiger partial charge in [-0.05, 0) is 30.5 Å². The van der Waals surface area contributed by atoms with E-state index in [4.69, 9.17) is 12.2 Å². The van der Waals surface area contributed by atoms with Gasteiger partial charge in [0.25, 0.3) is 0 Å². The molecule has 4 heteroatoms. The Morgan fingerprint density at radius 2 is 2.00 bits per heavy atom. The molecule has 2 fully saturated rings. The molecule has 13 heavy (non-hydrogen) atoms. The molecule has 1 aliphatic heterocycles. The molecule has 0 spiro atoms. The number of thioether (sulfide) groups is 1. The maximum Gasteiger partial charge on any atom is 0.218 e. The molecule has 2 rings (SSSR count). The highest BCUT2D eigenvalue weighted by Crippen LogP contribution is 2.31. The van der Waals surface area contributed by atoms with Gasteiger partial charge in [0, 0.05) is 0 Å². The van der Waals surface area contributed by atoms with Crippen LogP contribution in [0.2, 0.25) is 0 Å². The second kappa shape index (κ2) is 3.96. The fourth-order valence-electron chi connectivity index (χ4n) is 2.15. The fourth-order valence-corrected chi connectivity index (χ4v) is 3.27. The van der Waals surface area contributed by atoms with Crippen LogP contribution in [0.15, 0.2) is 0 Å². The van der Waals surface area contributed by atoms with Crippen LogP contribution in [-0.2, 0) is 4.79 Å². The zero-order chi connectivity index (χ0) is 9.26. The molecule has 1 unspecified atom stereocenters. The van der Waals surface area contributed by atoms with Crippen LogP contribution in [0.1, 0.15) is 32.1 Å². The first-order valence-electron chi connectivity index (χ1n) is 4.79. The summed E-state index contributed by atoms with van der Waals surface area (Å²) in [5, 5.41) is 3.35. The summed E-state index contributed by atoms with van der Waals surface area (Å²) >= 11 is 6.18. The third kappa shape index (κ3) is 2.05. The van der Waals surface area contributed by atoms with Gasteiger partial charge in [0.1, 0.15) is 4.32 Å². The van der Waals surface area contributed by atoms with Gasteiger partial charge in [0.15, 0.2) is 0 Å². The molecular weight excluding hydrogens is 202 g/mol. The van der Waals surface area contributed by atoms with Gasteiger partial charge in [-0.2, -0.15) is 0 Å². The molecule has 0 radical (unpaired) electrons. The van der Waals surface area contributed by atoms with E-state index in [1.807, 2.05) is 0 Å². The first-order chi connectivity index (χ1) is 6.27. The van der Waals surface area contributed by atoms with Crippen molar-refractivity contribution in [1.29, 1.82) is 0 Å². The summed E-state index contributed by atoms with van der Waals surface area (Å²) in [5.74, 6) is 0.536. The maximum atomic E-state index is 11.5. The number of hydrogen-bond donors (Lipinski definition) is 1. The highest BCUT2D eigenvalue weighted by atomic mass is 32.2. The summed E-state index contributed by atoms with van der Waals surface area (Å²) in [5.41, 5.74) is 0. The van der Waals surface area contributed by atoms with Crippen molar-refractivity contribution in [2.75, 3.05) is 0 Å². The van der Waals surface area contributed by atoms with E-state index < -0.39 is 0 Å². The lowest BCUT2D eigenvalue weighted by molar-refractivity contribution is -0.113. The van der Waals surface area contributed by atoms with Crippen molar-refractivity contribution in [2.24, 2.45) is 5.92 Å². The highest BCUT2D eigenvalue weighted by molar-refractivity contribution is 8.33. The van der Waals surface area contributed by atoms with Crippen molar-refractivity contribution in [2.45, 2.75) is 38.1 Å². The third-order valence-electron chi connectivity index (χ3n) is 2.84. The summed E-state index contributed by atoms with van der Waals surface area (Å²) in [6, 6.07) is 0.0257. The lowest BCUT2D eigenvalue weighted by atomic mass is 9.84. The molecule has 0 aromatic carbocycles. The molecule has 0 aromatic rings. The Labute approximate surface area is 87.8 Å². The van der Waals surface area contributed by atoms with Crippen molar-refractivity contribution in [3.63, 3.8) is 0 Å². The predicted octanol–water partition coefficient (Wildman–Crippen LogP) is 2.08. The normalized spacial score (nSPS) is 30.6. The summed E-state index contributed by atoms with van der Waals surface area (Å²) in [6.45, 7) is 0. The van der Waals surface area contributed by atoms with Gasteiger partial charge >= 0.3 is 0 Å². The van der Waals surface area contributed by atoms with Gasteiger partial charge in [0.05, 0.1) is 6.04 Å². The van der Waals surface area contributed by atoms with E-state index in [0.29, 0.717) is 10.2 Å². The van der Waals surface area contributed by atoms with Gasteiger partial charge in [-0.25, -0.2) is 0 Å². The van der Waals surface area contributed by atoms with Gasteiger partial charge in [-0.3, -0.25) is 4.79 Å². The highest BCUT2D eigenvalue weighted by Gasteiger charge is 2.35. The molecule has 1 N–H and O–H groups in total. The Hall–Kier alpha value is -0.0900. The number of thiocarbonyl (C=S) groups is 1. The second-order valence-electron chi connectivity index (χ2n) is 3.73. The molecule has 1 saturated carbocycles. The van der Waals surface area contributed by atoms with Crippen LogP contribution >= 0.6 is 24.0 Å². The van der Waals surface area contributed by atoms with Crippen molar-refractivity contribution in [3.05, 3.63) is 0 Å². The minimum absolute atomic E-state index is 0.0257. The molecule has 1 atom stereocenters. The lowest BCUT2D eigenvalue weighted by Gasteiger charge is -2.25. The minimum atomic E-state index is 0.0257. The number of carbonyl (C=O) groups is 1. The smallest absolute Gasteiger partial charge is 0.218 e. The quantitative estimate of drug-likeness (QED) is 0.678. The van der Waals surface area contributed by atoms with Crippen LogP contribution < -0.4 is 5.32 Å². The first kappa shape index (κ1) is 9.46. The van der Waals surface area contributed by atoms with E-state index in [0.717, 1.165) is 0 Å². The van der Waals surface area contributed by atoms with E-state index in [9.17, 15) is 4.79 Å². The molecule has 1 aliphatic carbocycles. The largest absolute Gasteiger partial charge is 0.360 e. The summed E-state index contributed by atoms with van der Waals surface area (Å²) < 4.78 is 0.667. The zero-order valence-corrected chi connectivity index (χ0v) is 9.05. The predicted molar refractivity (Wildman–Crippen MR) is 58.7 cm³/mol. The first-order valence-corrected chi connectivity index (χ1v) is 6.02. The van der Waals surface area contributed by atoms with Crippen molar-refractivity contribution < 1.29 is 4.79 Å². The van der Waals surface area contributed by atoms with Crippen LogP contribution in [0.3, 0.4) is 0 Å². The van der Waals surface area contributed by atoms with Crippen molar-refractivity contribution in [3.8, 4) is 0 Å². The van der Waals surface area contributed by atoms with Gasteiger partial charge in [-0.1, -0.05) is 31.5 Å². The molecule has 1 heterocycles. The Morgan fingerprint density at radius 3 is 2.54 bits per heavy atom. The average molecular weight is 215 g/mol. The van der Waals surface area contributed by atoms with E-state index in [1.54, 1.807) is 0 Å². The SMILES string of the molecule is O=C1SC(=S)NC1C1CCCCC1. The lowest BCUT2D eigenvalue weighted by Crippen LogP contribution is -2.37. The topological polar surface area (TPSA) is 29.1 Å². The number of carbonyl (C=O) groups excluding carboxylic acids is 1. The molecule has 0 aromatic heterocycles. The van der Waals surface area contributed by atoms with Crippen LogP contribution in [0.4, 0.5) is 0 Å². The zero-order valence-electron chi connectivity index (χ0n) is 7.41. The van der Waals surface area contributed by atoms with Gasteiger partial charge < -0.3 is 5.32 Å². The van der Waals surface area contributed by atoms with Crippen LogP contribution in [-0.4, -0.2) is 15.5 Å². The molecular formula is C9H13NOS2. The Morgan fingerprint density at radius 1 is 1.31 bits per heavy atom. The van der Waals surface area contributed by atoms with Gasteiger partial charge in [0.2, 0.25) is 5.12 Å². The second-order valence-corrected chi connectivity index (χ2v) is 5.41. The molecule has 72 valence electrons. The minimum Gasteiger partial charge on any atom is -0.360 e. The number of rotatable bonds is 1. The average Bonchev–Trinajstić information content (AvgIpc) is 2.47. The van der Waals surface area contributed by atoms with Crippen molar-refractivity contribution in [1.82, 2.24) is 5.32 Å². The monoisotopic (exact) mass is 215 g/mol. The van der Waals surface area contributed by atoms with Crippen LogP contribution in [0.5, 0.6) is 0 Å². The number of nitrogens with one attached hydrogen (secondary N) is 1. The van der Waals surface area contributed by atoms with E-state index in [-0.39, 0.29) is 11.2 Å². The summed E-state index contributed by atoms with van der Waals surface area (Å²) in [7, 11) is 0. The Balaban J connectivity index is 1.99. The molecule has 2 nitrogen and oxygen atoms in total. The molecule has 2 aliphatic rings. The van der Waals surface area contributed by atoms with E-state index in [2.05, 4.69) is 5.32 Å². The summed E-state index contributed by atoms with van der Waals surface area (Å²) in [4.78, 5) is 11.5.